The lowest BCUT2D eigenvalue weighted by atomic mass is 10.2. The lowest BCUT2D eigenvalue weighted by Crippen LogP contribution is -2.37. The zero-order valence-electron chi connectivity index (χ0n) is 10.0. The smallest absolute Gasteiger partial charge is 0.191 e. The molecule has 1 rings (SSSR count). The molecular formula is C13H18BrN3. The van der Waals surface area contributed by atoms with Gasteiger partial charge in [0, 0.05) is 17.6 Å². The zero-order valence-corrected chi connectivity index (χ0v) is 11.6. The number of aliphatic imine (C=N–C) groups is 1. The molecule has 0 aliphatic rings. The molecule has 0 aromatic heterocycles. The average Bonchev–Trinajstić information content (AvgIpc) is 2.35. The minimum Gasteiger partial charge on any atom is -0.357 e. The van der Waals surface area contributed by atoms with Gasteiger partial charge in [0.1, 0.15) is 0 Å². The van der Waals surface area contributed by atoms with Crippen LogP contribution >= 0.6 is 15.9 Å². The van der Waals surface area contributed by atoms with Gasteiger partial charge in [-0.1, -0.05) is 34.1 Å². The molecular weight excluding hydrogens is 278 g/mol. The topological polar surface area (TPSA) is 36.4 Å². The standard InChI is InChI=1S/C13H18BrN3/c1-3-9-16-13(15-4-2)17-10-11-5-7-12(14)8-6-11/h3,5-8H,1,4,9-10H2,2H3,(H2,15,16,17). The molecule has 0 unspecified atom stereocenters. The first-order valence-corrected chi connectivity index (χ1v) is 6.43. The van der Waals surface area contributed by atoms with E-state index in [4.69, 9.17) is 0 Å². The quantitative estimate of drug-likeness (QED) is 0.498. The Labute approximate surface area is 111 Å². The number of hydrogen-bond donors (Lipinski definition) is 2. The molecule has 3 nitrogen and oxygen atoms in total. The Morgan fingerprint density at radius 1 is 1.35 bits per heavy atom. The molecule has 0 radical (unpaired) electrons. The number of hydrogen-bond acceptors (Lipinski definition) is 1. The van der Waals surface area contributed by atoms with E-state index >= 15 is 0 Å². The van der Waals surface area contributed by atoms with Crippen molar-refractivity contribution in [3.8, 4) is 0 Å². The predicted octanol–water partition coefficient (Wildman–Crippen LogP) is 2.69. The number of benzene rings is 1. The molecule has 0 aliphatic heterocycles. The van der Waals surface area contributed by atoms with Gasteiger partial charge in [0.2, 0.25) is 0 Å². The Kier molecular flexibility index (Phi) is 6.40. The van der Waals surface area contributed by atoms with Gasteiger partial charge in [0.05, 0.1) is 6.54 Å². The molecule has 0 atom stereocenters. The van der Waals surface area contributed by atoms with Crippen LogP contribution in [0.5, 0.6) is 0 Å². The third kappa shape index (κ3) is 5.54. The Morgan fingerprint density at radius 3 is 2.65 bits per heavy atom. The minimum absolute atomic E-state index is 0.666. The molecule has 0 saturated carbocycles. The van der Waals surface area contributed by atoms with E-state index in [1.54, 1.807) is 0 Å². The van der Waals surface area contributed by atoms with Crippen molar-refractivity contribution < 1.29 is 0 Å². The summed E-state index contributed by atoms with van der Waals surface area (Å²) >= 11 is 3.41. The fraction of sp³-hybridized carbons (Fsp3) is 0.308. The van der Waals surface area contributed by atoms with Crippen molar-refractivity contribution in [3.05, 3.63) is 47.0 Å². The van der Waals surface area contributed by atoms with Gasteiger partial charge in [-0.3, -0.25) is 0 Å². The molecule has 0 spiro atoms. The molecule has 0 fully saturated rings. The number of rotatable bonds is 5. The van der Waals surface area contributed by atoms with Crippen molar-refractivity contribution in [2.75, 3.05) is 13.1 Å². The normalized spacial score (nSPS) is 11.1. The van der Waals surface area contributed by atoms with Gasteiger partial charge < -0.3 is 10.6 Å². The molecule has 1 aromatic carbocycles. The number of nitrogens with zero attached hydrogens (tertiary/aromatic N) is 1. The molecule has 0 saturated heterocycles. The van der Waals surface area contributed by atoms with Crippen LogP contribution in [0.15, 0.2) is 46.4 Å². The van der Waals surface area contributed by atoms with Crippen LogP contribution in [0.2, 0.25) is 0 Å². The van der Waals surface area contributed by atoms with E-state index in [9.17, 15) is 0 Å². The molecule has 17 heavy (non-hydrogen) atoms. The Bertz CT molecular complexity index is 371. The van der Waals surface area contributed by atoms with Gasteiger partial charge >= 0.3 is 0 Å². The summed E-state index contributed by atoms with van der Waals surface area (Å²) in [6, 6.07) is 8.17. The summed E-state index contributed by atoms with van der Waals surface area (Å²) in [7, 11) is 0. The van der Waals surface area contributed by atoms with Crippen molar-refractivity contribution >= 4 is 21.9 Å². The van der Waals surface area contributed by atoms with Crippen molar-refractivity contribution in [2.45, 2.75) is 13.5 Å². The first-order valence-electron chi connectivity index (χ1n) is 5.63. The van der Waals surface area contributed by atoms with E-state index in [0.717, 1.165) is 17.0 Å². The summed E-state index contributed by atoms with van der Waals surface area (Å²) in [6.45, 7) is 7.95. The monoisotopic (exact) mass is 295 g/mol. The second-order valence-electron chi connectivity index (χ2n) is 3.49. The van der Waals surface area contributed by atoms with Gasteiger partial charge in [-0.05, 0) is 24.6 Å². The van der Waals surface area contributed by atoms with Crippen LogP contribution in [0.3, 0.4) is 0 Å². The van der Waals surface area contributed by atoms with Gasteiger partial charge in [0.15, 0.2) is 5.96 Å². The maximum absolute atomic E-state index is 4.48. The zero-order chi connectivity index (χ0) is 12.5. The van der Waals surface area contributed by atoms with Crippen LogP contribution in [-0.2, 0) is 6.54 Å². The van der Waals surface area contributed by atoms with Gasteiger partial charge in [-0.2, -0.15) is 0 Å². The SMILES string of the molecule is C=CCNC(=NCc1ccc(Br)cc1)NCC. The summed E-state index contributed by atoms with van der Waals surface area (Å²) in [6.07, 6.45) is 1.81. The lowest BCUT2D eigenvalue weighted by molar-refractivity contribution is 0.860. The Hall–Kier alpha value is -1.29. The molecule has 0 heterocycles. The van der Waals surface area contributed by atoms with Crippen molar-refractivity contribution in [3.63, 3.8) is 0 Å². The van der Waals surface area contributed by atoms with Crippen LogP contribution in [0.1, 0.15) is 12.5 Å². The molecule has 0 amide bonds. The maximum atomic E-state index is 4.48. The van der Waals surface area contributed by atoms with Crippen molar-refractivity contribution in [1.29, 1.82) is 0 Å². The summed E-state index contributed by atoms with van der Waals surface area (Å²) in [5, 5.41) is 6.34. The Balaban J connectivity index is 2.57. The highest BCUT2D eigenvalue weighted by molar-refractivity contribution is 9.10. The molecule has 1 aromatic rings. The lowest BCUT2D eigenvalue weighted by Gasteiger charge is -2.09. The van der Waals surface area contributed by atoms with Gasteiger partial charge in [-0.15, -0.1) is 6.58 Å². The van der Waals surface area contributed by atoms with E-state index in [-0.39, 0.29) is 0 Å². The maximum Gasteiger partial charge on any atom is 0.191 e. The van der Waals surface area contributed by atoms with Gasteiger partial charge in [-0.25, -0.2) is 4.99 Å². The van der Waals surface area contributed by atoms with Crippen LogP contribution in [0.4, 0.5) is 0 Å². The van der Waals surface area contributed by atoms with Crippen molar-refractivity contribution in [1.82, 2.24) is 10.6 Å². The van der Waals surface area contributed by atoms with Gasteiger partial charge in [0.25, 0.3) is 0 Å². The second-order valence-corrected chi connectivity index (χ2v) is 4.41. The number of nitrogens with one attached hydrogen (secondary N) is 2. The number of guanidine groups is 1. The minimum atomic E-state index is 0.666. The number of halogens is 1. The first-order chi connectivity index (χ1) is 8.26. The molecule has 4 heteroatoms. The van der Waals surface area contributed by atoms with E-state index in [1.165, 1.54) is 5.56 Å². The summed E-state index contributed by atoms with van der Waals surface area (Å²) in [4.78, 5) is 4.48. The fourth-order valence-corrected chi connectivity index (χ4v) is 1.54. The van der Waals surface area contributed by atoms with Crippen LogP contribution < -0.4 is 10.6 Å². The van der Waals surface area contributed by atoms with E-state index in [2.05, 4.69) is 50.3 Å². The highest BCUT2D eigenvalue weighted by Gasteiger charge is 1.95. The third-order valence-electron chi connectivity index (χ3n) is 2.09. The fourth-order valence-electron chi connectivity index (χ4n) is 1.27. The Morgan fingerprint density at radius 2 is 2.06 bits per heavy atom. The van der Waals surface area contributed by atoms with E-state index < -0.39 is 0 Å². The van der Waals surface area contributed by atoms with Crippen LogP contribution in [0.25, 0.3) is 0 Å². The molecule has 2 N–H and O–H groups in total. The second kappa shape index (κ2) is 7.90. The van der Waals surface area contributed by atoms with Crippen molar-refractivity contribution in [2.24, 2.45) is 4.99 Å². The largest absolute Gasteiger partial charge is 0.357 e. The molecule has 92 valence electrons. The summed E-state index contributed by atoms with van der Waals surface area (Å²) in [5.41, 5.74) is 1.18. The molecule has 0 aliphatic carbocycles. The first kappa shape index (κ1) is 13.8. The van der Waals surface area contributed by atoms with Crippen LogP contribution in [-0.4, -0.2) is 19.0 Å². The highest BCUT2D eigenvalue weighted by Crippen LogP contribution is 2.10. The summed E-state index contributed by atoms with van der Waals surface area (Å²) < 4.78 is 1.09. The molecule has 0 bridgehead atoms. The van der Waals surface area contributed by atoms with Crippen LogP contribution in [0, 0.1) is 0 Å². The highest BCUT2D eigenvalue weighted by atomic mass is 79.9. The van der Waals surface area contributed by atoms with E-state index in [1.807, 2.05) is 25.1 Å². The predicted molar refractivity (Wildman–Crippen MR) is 77.2 cm³/mol. The summed E-state index contributed by atoms with van der Waals surface area (Å²) in [5.74, 6) is 0.815. The van der Waals surface area contributed by atoms with E-state index in [0.29, 0.717) is 13.1 Å². The average molecular weight is 296 g/mol. The third-order valence-corrected chi connectivity index (χ3v) is 2.62.